The van der Waals surface area contributed by atoms with Crippen molar-refractivity contribution in [2.24, 2.45) is 0 Å². The van der Waals surface area contributed by atoms with Crippen LogP contribution in [0.25, 0.3) is 0 Å². The topological polar surface area (TPSA) is 87.3 Å². The first-order valence-electron chi connectivity index (χ1n) is 6.75. The first-order chi connectivity index (χ1) is 10.7. The summed E-state index contributed by atoms with van der Waals surface area (Å²) in [4.78, 5) is 11.5. The summed E-state index contributed by atoms with van der Waals surface area (Å²) in [6.45, 7) is -0.545. The van der Waals surface area contributed by atoms with Crippen LogP contribution in [-0.4, -0.2) is 47.2 Å². The van der Waals surface area contributed by atoms with Crippen LogP contribution in [0.3, 0.4) is 0 Å². The lowest BCUT2D eigenvalue weighted by Gasteiger charge is -2.09. The molecule has 0 atom stereocenters. The Bertz CT molecular complexity index is 622. The molecular formula is C13H19ClF3N3O3S. The van der Waals surface area contributed by atoms with Crippen LogP contribution in [0.4, 0.5) is 13.2 Å². The van der Waals surface area contributed by atoms with E-state index in [1.165, 1.54) is 12.1 Å². The molecule has 0 radical (unpaired) electrons. The van der Waals surface area contributed by atoms with Gasteiger partial charge in [0.25, 0.3) is 5.91 Å². The summed E-state index contributed by atoms with van der Waals surface area (Å²) in [6.07, 6.45) is -3.90. The van der Waals surface area contributed by atoms with Gasteiger partial charge in [-0.2, -0.15) is 13.2 Å². The van der Waals surface area contributed by atoms with Gasteiger partial charge in [0.15, 0.2) is 0 Å². The Kier molecular flexibility index (Phi) is 9.26. The Morgan fingerprint density at radius 2 is 1.71 bits per heavy atom. The number of carbonyl (C=O) groups excluding carboxylic acids is 1. The van der Waals surface area contributed by atoms with Crippen LogP contribution in [0.5, 0.6) is 0 Å². The van der Waals surface area contributed by atoms with Gasteiger partial charge in [-0.1, -0.05) is 0 Å². The summed E-state index contributed by atoms with van der Waals surface area (Å²) in [5, 5.41) is 4.59. The Hall–Kier alpha value is -1.36. The fourth-order valence-electron chi connectivity index (χ4n) is 1.62. The third-order valence-electron chi connectivity index (χ3n) is 2.77. The average molecular weight is 390 g/mol. The zero-order chi connectivity index (χ0) is 17.5. The molecule has 0 saturated carbocycles. The standard InChI is InChI=1S/C13H18F3N3O3S.ClH/c1-17-7-2-8-19-23(21,22)11-5-3-10(4-6-11)12(20)18-9-13(14,15)16;/h3-6,17,19H,2,7-9H2,1H3,(H,18,20);1H. The third kappa shape index (κ3) is 7.95. The normalized spacial score (nSPS) is 11.7. The van der Waals surface area contributed by atoms with E-state index in [0.29, 0.717) is 13.0 Å². The molecule has 0 unspecified atom stereocenters. The van der Waals surface area contributed by atoms with Crippen LogP contribution in [-0.2, 0) is 10.0 Å². The smallest absolute Gasteiger partial charge is 0.343 e. The fraction of sp³-hybridized carbons (Fsp3) is 0.462. The Morgan fingerprint density at radius 1 is 1.12 bits per heavy atom. The van der Waals surface area contributed by atoms with Crippen LogP contribution in [0.1, 0.15) is 16.8 Å². The van der Waals surface area contributed by atoms with Crippen molar-refractivity contribution in [1.29, 1.82) is 0 Å². The van der Waals surface area contributed by atoms with Crippen LogP contribution < -0.4 is 15.4 Å². The number of hydrogen-bond acceptors (Lipinski definition) is 4. The molecule has 0 heterocycles. The lowest BCUT2D eigenvalue weighted by molar-refractivity contribution is -0.123. The highest BCUT2D eigenvalue weighted by molar-refractivity contribution is 7.89. The van der Waals surface area contributed by atoms with E-state index in [9.17, 15) is 26.4 Å². The van der Waals surface area contributed by atoms with Gasteiger partial charge in [0, 0.05) is 12.1 Å². The molecule has 0 aromatic heterocycles. The van der Waals surface area contributed by atoms with E-state index < -0.39 is 28.7 Å². The molecule has 1 aromatic rings. The van der Waals surface area contributed by atoms with Gasteiger partial charge in [-0.3, -0.25) is 4.79 Å². The van der Waals surface area contributed by atoms with E-state index in [4.69, 9.17) is 0 Å². The van der Waals surface area contributed by atoms with Crippen molar-refractivity contribution >= 4 is 28.3 Å². The summed E-state index contributed by atoms with van der Waals surface area (Å²) < 4.78 is 62.3. The quantitative estimate of drug-likeness (QED) is 0.585. The number of sulfonamides is 1. The maximum absolute atomic E-state index is 12.0. The summed E-state index contributed by atoms with van der Waals surface area (Å²) >= 11 is 0. The maximum Gasteiger partial charge on any atom is 0.405 e. The van der Waals surface area contributed by atoms with Crippen molar-refractivity contribution < 1.29 is 26.4 Å². The molecular weight excluding hydrogens is 371 g/mol. The van der Waals surface area contributed by atoms with Crippen molar-refractivity contribution in [2.75, 3.05) is 26.7 Å². The second-order valence-electron chi connectivity index (χ2n) is 4.68. The number of rotatable bonds is 8. The maximum atomic E-state index is 12.0. The number of alkyl halides is 3. The Morgan fingerprint density at radius 3 is 2.21 bits per heavy atom. The summed E-state index contributed by atoms with van der Waals surface area (Å²) in [5.74, 6) is -0.923. The van der Waals surface area contributed by atoms with Crippen molar-refractivity contribution in [3.63, 3.8) is 0 Å². The largest absolute Gasteiger partial charge is 0.405 e. The molecule has 3 N–H and O–H groups in total. The summed E-state index contributed by atoms with van der Waals surface area (Å²) in [5.41, 5.74) is -0.0524. The molecule has 0 aliphatic rings. The lowest BCUT2D eigenvalue weighted by Crippen LogP contribution is -2.33. The monoisotopic (exact) mass is 389 g/mol. The fourth-order valence-corrected chi connectivity index (χ4v) is 2.70. The number of amides is 1. The van der Waals surface area contributed by atoms with E-state index in [2.05, 4.69) is 10.0 Å². The molecule has 0 spiro atoms. The number of carbonyl (C=O) groups is 1. The summed E-state index contributed by atoms with van der Waals surface area (Å²) in [6, 6.07) is 4.66. The molecule has 6 nitrogen and oxygen atoms in total. The van der Waals surface area contributed by atoms with Crippen molar-refractivity contribution in [1.82, 2.24) is 15.4 Å². The second kappa shape index (κ2) is 9.82. The number of benzene rings is 1. The number of hydrogen-bond donors (Lipinski definition) is 3. The van der Waals surface area contributed by atoms with Gasteiger partial charge >= 0.3 is 6.18 Å². The van der Waals surface area contributed by atoms with Crippen LogP contribution in [0.2, 0.25) is 0 Å². The predicted octanol–water partition coefficient (Wildman–Crippen LogP) is 1.29. The molecule has 0 saturated heterocycles. The third-order valence-corrected chi connectivity index (χ3v) is 4.25. The van der Waals surface area contributed by atoms with Crippen LogP contribution in [0, 0.1) is 0 Å². The first kappa shape index (κ1) is 22.6. The second-order valence-corrected chi connectivity index (χ2v) is 6.44. The average Bonchev–Trinajstić information content (AvgIpc) is 2.48. The van der Waals surface area contributed by atoms with Gasteiger partial charge in [-0.15, -0.1) is 12.4 Å². The molecule has 24 heavy (non-hydrogen) atoms. The summed E-state index contributed by atoms with van der Waals surface area (Å²) in [7, 11) is -1.96. The SMILES string of the molecule is CNCCCNS(=O)(=O)c1ccc(C(=O)NCC(F)(F)F)cc1.Cl. The molecule has 138 valence electrons. The minimum atomic E-state index is -4.50. The zero-order valence-corrected chi connectivity index (χ0v) is 14.4. The molecule has 0 aliphatic carbocycles. The van der Waals surface area contributed by atoms with Crippen molar-refractivity contribution in [2.45, 2.75) is 17.5 Å². The van der Waals surface area contributed by atoms with E-state index >= 15 is 0 Å². The van der Waals surface area contributed by atoms with E-state index in [1.54, 1.807) is 12.4 Å². The van der Waals surface area contributed by atoms with Gasteiger partial charge in [-0.25, -0.2) is 13.1 Å². The number of nitrogens with one attached hydrogen (secondary N) is 3. The Balaban J connectivity index is 0.00000529. The molecule has 0 aliphatic heterocycles. The highest BCUT2D eigenvalue weighted by Crippen LogP contribution is 2.14. The minimum absolute atomic E-state index is 0. The molecule has 0 bridgehead atoms. The minimum Gasteiger partial charge on any atom is -0.343 e. The van der Waals surface area contributed by atoms with Gasteiger partial charge in [0.1, 0.15) is 6.54 Å². The molecule has 1 amide bonds. The highest BCUT2D eigenvalue weighted by Gasteiger charge is 2.28. The Labute approximate surface area is 144 Å². The van der Waals surface area contributed by atoms with Crippen LogP contribution >= 0.6 is 12.4 Å². The molecule has 0 fully saturated rings. The van der Waals surface area contributed by atoms with E-state index in [0.717, 1.165) is 12.1 Å². The highest BCUT2D eigenvalue weighted by atomic mass is 35.5. The van der Waals surface area contributed by atoms with Crippen LogP contribution in [0.15, 0.2) is 29.2 Å². The van der Waals surface area contributed by atoms with Gasteiger partial charge in [-0.05, 0) is 44.3 Å². The lowest BCUT2D eigenvalue weighted by atomic mass is 10.2. The molecule has 1 rings (SSSR count). The van der Waals surface area contributed by atoms with Gasteiger partial charge < -0.3 is 10.6 Å². The van der Waals surface area contributed by atoms with Crippen molar-refractivity contribution in [3.8, 4) is 0 Å². The first-order valence-corrected chi connectivity index (χ1v) is 8.23. The van der Waals surface area contributed by atoms with E-state index in [-0.39, 0.29) is 29.4 Å². The van der Waals surface area contributed by atoms with Crippen molar-refractivity contribution in [3.05, 3.63) is 29.8 Å². The molecule has 11 heteroatoms. The predicted molar refractivity (Wildman–Crippen MR) is 85.8 cm³/mol. The van der Waals surface area contributed by atoms with E-state index in [1.807, 2.05) is 0 Å². The van der Waals surface area contributed by atoms with Gasteiger partial charge in [0.05, 0.1) is 4.90 Å². The zero-order valence-electron chi connectivity index (χ0n) is 12.8. The number of halogens is 4. The molecule has 1 aromatic carbocycles. The van der Waals surface area contributed by atoms with Gasteiger partial charge in [0.2, 0.25) is 10.0 Å².